The molecular formula is C29H27N. The standard InChI is InChI=1S/C29H27N/c1-2-28(23-24-15-7-3-8-16-24)30-29(25-17-9-4-10-18-25,26-19-11-5-12-20-26)27-21-13-6-14-22-27/h2-22,28,30H,1,23H2/t28-/m1/s1. The van der Waals surface area contributed by atoms with E-state index < -0.39 is 5.54 Å². The monoisotopic (exact) mass is 389 g/mol. The Morgan fingerprint density at radius 2 is 0.967 bits per heavy atom. The summed E-state index contributed by atoms with van der Waals surface area (Å²) in [6, 6.07) is 42.8. The van der Waals surface area contributed by atoms with E-state index in [1.54, 1.807) is 0 Å². The van der Waals surface area contributed by atoms with Crippen LogP contribution in [0, 0.1) is 0 Å². The maximum atomic E-state index is 4.16. The van der Waals surface area contributed by atoms with E-state index in [0.717, 1.165) is 6.42 Å². The van der Waals surface area contributed by atoms with E-state index in [-0.39, 0.29) is 6.04 Å². The van der Waals surface area contributed by atoms with E-state index in [9.17, 15) is 0 Å². The Morgan fingerprint density at radius 1 is 0.600 bits per heavy atom. The van der Waals surface area contributed by atoms with Crippen LogP contribution in [0.4, 0.5) is 0 Å². The Kier molecular flexibility index (Phi) is 6.22. The van der Waals surface area contributed by atoms with Gasteiger partial charge in [0.15, 0.2) is 0 Å². The molecule has 0 radical (unpaired) electrons. The van der Waals surface area contributed by atoms with E-state index in [2.05, 4.69) is 133 Å². The van der Waals surface area contributed by atoms with Crippen molar-refractivity contribution in [2.24, 2.45) is 0 Å². The molecule has 0 saturated heterocycles. The number of nitrogens with one attached hydrogen (secondary N) is 1. The lowest BCUT2D eigenvalue weighted by Gasteiger charge is -2.39. The maximum absolute atomic E-state index is 4.16. The molecule has 4 aromatic carbocycles. The van der Waals surface area contributed by atoms with Crippen LogP contribution in [0.2, 0.25) is 0 Å². The summed E-state index contributed by atoms with van der Waals surface area (Å²) < 4.78 is 0. The molecular weight excluding hydrogens is 362 g/mol. The number of hydrogen-bond donors (Lipinski definition) is 1. The van der Waals surface area contributed by atoms with E-state index in [1.165, 1.54) is 22.3 Å². The van der Waals surface area contributed by atoms with Crippen molar-refractivity contribution in [3.63, 3.8) is 0 Å². The summed E-state index contributed by atoms with van der Waals surface area (Å²) in [4.78, 5) is 0. The van der Waals surface area contributed by atoms with Crippen molar-refractivity contribution in [1.82, 2.24) is 5.32 Å². The summed E-state index contributed by atoms with van der Waals surface area (Å²) in [5.74, 6) is 0. The SMILES string of the molecule is C=C[C@H](Cc1ccccc1)NC(c1ccccc1)(c1ccccc1)c1ccccc1. The van der Waals surface area contributed by atoms with Crippen LogP contribution in [-0.4, -0.2) is 6.04 Å². The van der Waals surface area contributed by atoms with Gasteiger partial charge in [0.2, 0.25) is 0 Å². The highest BCUT2D eigenvalue weighted by molar-refractivity contribution is 5.49. The van der Waals surface area contributed by atoms with Gasteiger partial charge in [-0.1, -0.05) is 127 Å². The first-order valence-electron chi connectivity index (χ1n) is 10.4. The van der Waals surface area contributed by atoms with Crippen LogP contribution < -0.4 is 5.32 Å². The Morgan fingerprint density at radius 3 is 1.33 bits per heavy atom. The fraction of sp³-hybridized carbons (Fsp3) is 0.103. The Hall–Kier alpha value is -3.42. The smallest absolute Gasteiger partial charge is 0.0952 e. The second kappa shape index (κ2) is 9.39. The average Bonchev–Trinajstić information content (AvgIpc) is 2.84. The molecule has 0 fully saturated rings. The van der Waals surface area contributed by atoms with Crippen LogP contribution in [-0.2, 0) is 12.0 Å². The average molecular weight is 390 g/mol. The van der Waals surface area contributed by atoms with Gasteiger partial charge < -0.3 is 0 Å². The van der Waals surface area contributed by atoms with Crippen molar-refractivity contribution in [3.05, 3.63) is 156 Å². The number of benzene rings is 4. The minimum Gasteiger partial charge on any atom is -0.293 e. The third-order valence-electron chi connectivity index (χ3n) is 5.61. The molecule has 1 heteroatoms. The highest BCUT2D eigenvalue weighted by Gasteiger charge is 2.37. The van der Waals surface area contributed by atoms with Crippen molar-refractivity contribution < 1.29 is 0 Å². The predicted octanol–water partition coefficient (Wildman–Crippen LogP) is 6.37. The van der Waals surface area contributed by atoms with E-state index in [1.807, 2.05) is 6.08 Å². The van der Waals surface area contributed by atoms with Gasteiger partial charge in [-0.3, -0.25) is 5.32 Å². The highest BCUT2D eigenvalue weighted by atomic mass is 15.0. The molecule has 4 rings (SSSR count). The molecule has 30 heavy (non-hydrogen) atoms. The molecule has 4 aromatic rings. The Bertz CT molecular complexity index is 944. The minimum absolute atomic E-state index is 0.0908. The third-order valence-corrected chi connectivity index (χ3v) is 5.61. The van der Waals surface area contributed by atoms with Gasteiger partial charge in [-0.05, 0) is 28.7 Å². The van der Waals surface area contributed by atoms with Crippen LogP contribution >= 0.6 is 0 Å². The van der Waals surface area contributed by atoms with Crippen LogP contribution in [0.1, 0.15) is 22.3 Å². The maximum Gasteiger partial charge on any atom is 0.0952 e. The Labute approximate surface area is 179 Å². The van der Waals surface area contributed by atoms with Crippen molar-refractivity contribution in [2.45, 2.75) is 18.0 Å². The molecule has 148 valence electrons. The molecule has 0 unspecified atom stereocenters. The summed E-state index contributed by atoms with van der Waals surface area (Å²) in [6.07, 6.45) is 2.90. The van der Waals surface area contributed by atoms with Crippen molar-refractivity contribution in [3.8, 4) is 0 Å². The first-order chi connectivity index (χ1) is 14.8. The molecule has 0 aliphatic carbocycles. The van der Waals surface area contributed by atoms with Crippen molar-refractivity contribution in [1.29, 1.82) is 0 Å². The van der Waals surface area contributed by atoms with Crippen LogP contribution in [0.15, 0.2) is 134 Å². The lowest BCUT2D eigenvalue weighted by Crippen LogP contribution is -2.49. The fourth-order valence-corrected chi connectivity index (χ4v) is 4.15. The van der Waals surface area contributed by atoms with Crippen LogP contribution in [0.3, 0.4) is 0 Å². The van der Waals surface area contributed by atoms with Crippen LogP contribution in [0.25, 0.3) is 0 Å². The second-order valence-electron chi connectivity index (χ2n) is 7.52. The Balaban J connectivity index is 1.87. The van der Waals surface area contributed by atoms with E-state index in [4.69, 9.17) is 0 Å². The topological polar surface area (TPSA) is 12.0 Å². The van der Waals surface area contributed by atoms with Gasteiger partial charge in [0.05, 0.1) is 5.54 Å². The summed E-state index contributed by atoms with van der Waals surface area (Å²) >= 11 is 0. The van der Waals surface area contributed by atoms with Gasteiger partial charge in [0.25, 0.3) is 0 Å². The predicted molar refractivity (Wildman–Crippen MR) is 126 cm³/mol. The molecule has 1 nitrogen and oxygen atoms in total. The van der Waals surface area contributed by atoms with Gasteiger partial charge in [-0.15, -0.1) is 6.58 Å². The third kappa shape index (κ3) is 4.12. The lowest BCUT2D eigenvalue weighted by atomic mass is 9.76. The van der Waals surface area contributed by atoms with E-state index >= 15 is 0 Å². The quantitative estimate of drug-likeness (QED) is 0.273. The second-order valence-corrected chi connectivity index (χ2v) is 7.52. The normalized spacial score (nSPS) is 12.3. The lowest BCUT2D eigenvalue weighted by molar-refractivity contribution is 0.428. The van der Waals surface area contributed by atoms with Gasteiger partial charge in [0, 0.05) is 6.04 Å². The molecule has 0 spiro atoms. The largest absolute Gasteiger partial charge is 0.293 e. The highest BCUT2D eigenvalue weighted by Crippen LogP contribution is 2.37. The van der Waals surface area contributed by atoms with Crippen molar-refractivity contribution in [2.75, 3.05) is 0 Å². The first kappa shape index (κ1) is 19.9. The summed E-state index contributed by atoms with van der Waals surface area (Å²) in [7, 11) is 0. The summed E-state index contributed by atoms with van der Waals surface area (Å²) in [6.45, 7) is 4.16. The molecule has 0 amide bonds. The van der Waals surface area contributed by atoms with Gasteiger partial charge >= 0.3 is 0 Å². The summed E-state index contributed by atoms with van der Waals surface area (Å²) in [5, 5.41) is 4.00. The fourth-order valence-electron chi connectivity index (χ4n) is 4.15. The van der Waals surface area contributed by atoms with Gasteiger partial charge in [-0.25, -0.2) is 0 Å². The molecule has 0 heterocycles. The molecule has 0 aliphatic rings. The van der Waals surface area contributed by atoms with E-state index in [0.29, 0.717) is 0 Å². The van der Waals surface area contributed by atoms with Gasteiger partial charge in [0.1, 0.15) is 0 Å². The minimum atomic E-state index is -0.489. The van der Waals surface area contributed by atoms with Crippen LogP contribution in [0.5, 0.6) is 0 Å². The number of rotatable bonds is 8. The zero-order valence-corrected chi connectivity index (χ0v) is 17.1. The molecule has 0 aromatic heterocycles. The number of hydrogen-bond acceptors (Lipinski definition) is 1. The summed E-state index contributed by atoms with van der Waals surface area (Å²) in [5.41, 5.74) is 4.43. The first-order valence-corrected chi connectivity index (χ1v) is 10.4. The zero-order valence-electron chi connectivity index (χ0n) is 17.1. The molecule has 1 atom stereocenters. The molecule has 1 N–H and O–H groups in total. The molecule has 0 bridgehead atoms. The molecule has 0 aliphatic heterocycles. The molecule has 0 saturated carbocycles. The van der Waals surface area contributed by atoms with Crippen molar-refractivity contribution >= 4 is 0 Å². The van der Waals surface area contributed by atoms with Gasteiger partial charge in [-0.2, -0.15) is 0 Å². The zero-order chi connectivity index (χ0) is 20.7.